The van der Waals surface area contributed by atoms with Gasteiger partial charge in [-0.05, 0) is 37.1 Å². The first-order valence-corrected chi connectivity index (χ1v) is 7.18. The Morgan fingerprint density at radius 2 is 2.12 bits per heavy atom. The first-order chi connectivity index (χ1) is 7.81. The van der Waals surface area contributed by atoms with Crippen LogP contribution in [-0.2, 0) is 11.2 Å². The van der Waals surface area contributed by atoms with E-state index in [1.165, 1.54) is 16.9 Å². The lowest BCUT2D eigenvalue weighted by Crippen LogP contribution is -2.22. The van der Waals surface area contributed by atoms with Gasteiger partial charge in [0.05, 0.1) is 0 Å². The number of ketones is 1. The molecule has 1 fully saturated rings. The summed E-state index contributed by atoms with van der Waals surface area (Å²) in [6.07, 6.45) is 7.23. The second-order valence-electron chi connectivity index (χ2n) is 4.41. The number of hydrogen-bond acceptors (Lipinski definition) is 2. The Morgan fingerprint density at radius 1 is 1.38 bits per heavy atom. The van der Waals surface area contributed by atoms with Crippen LogP contribution >= 0.6 is 11.8 Å². The van der Waals surface area contributed by atoms with Gasteiger partial charge in [-0.2, -0.15) is 0 Å². The number of aryl methyl sites for hydroxylation is 1. The molecule has 2 heteroatoms. The minimum Gasteiger partial charge on any atom is -0.299 e. The van der Waals surface area contributed by atoms with Crippen LogP contribution in [-0.4, -0.2) is 12.0 Å². The molecule has 0 aromatic heterocycles. The van der Waals surface area contributed by atoms with Crippen molar-refractivity contribution < 1.29 is 4.79 Å². The van der Waals surface area contributed by atoms with Crippen molar-refractivity contribution in [1.29, 1.82) is 0 Å². The van der Waals surface area contributed by atoms with Crippen molar-refractivity contribution >= 4 is 17.5 Å². The third kappa shape index (κ3) is 2.67. The van der Waals surface area contributed by atoms with E-state index in [0.29, 0.717) is 11.7 Å². The molecule has 1 aliphatic rings. The van der Waals surface area contributed by atoms with Gasteiger partial charge in [0.15, 0.2) is 0 Å². The van der Waals surface area contributed by atoms with Gasteiger partial charge in [0.25, 0.3) is 0 Å². The van der Waals surface area contributed by atoms with Crippen molar-refractivity contribution in [3.8, 4) is 0 Å². The average molecular weight is 234 g/mol. The molecule has 16 heavy (non-hydrogen) atoms. The fourth-order valence-electron chi connectivity index (χ4n) is 2.10. The molecule has 1 aromatic rings. The highest BCUT2D eigenvalue weighted by Gasteiger charge is 2.24. The number of Topliss-reactive ketones (excluding diaryl/α,β-unsaturated/α-hetero) is 1. The van der Waals surface area contributed by atoms with Gasteiger partial charge in [-0.3, -0.25) is 4.79 Å². The lowest BCUT2D eigenvalue weighted by molar-refractivity contribution is -0.125. The molecule has 0 unspecified atom stereocenters. The van der Waals surface area contributed by atoms with Gasteiger partial charge in [0, 0.05) is 17.2 Å². The van der Waals surface area contributed by atoms with Crippen LogP contribution in [0.1, 0.15) is 31.2 Å². The molecular formula is C14H18OS. The molecule has 0 atom stereocenters. The number of rotatable bonds is 5. The summed E-state index contributed by atoms with van der Waals surface area (Å²) in [4.78, 5) is 13.1. The summed E-state index contributed by atoms with van der Waals surface area (Å²) in [7, 11) is 0. The van der Waals surface area contributed by atoms with Crippen LogP contribution in [0.5, 0.6) is 0 Å². The lowest BCUT2D eigenvalue weighted by atomic mass is 9.80. The van der Waals surface area contributed by atoms with Gasteiger partial charge in [-0.25, -0.2) is 0 Å². The number of carbonyl (C=O) groups is 1. The summed E-state index contributed by atoms with van der Waals surface area (Å²) in [6, 6.07) is 8.39. The van der Waals surface area contributed by atoms with E-state index in [1.54, 1.807) is 11.8 Å². The van der Waals surface area contributed by atoms with Crippen LogP contribution in [0.4, 0.5) is 0 Å². The second-order valence-corrected chi connectivity index (χ2v) is 5.25. The molecule has 1 aliphatic carbocycles. The van der Waals surface area contributed by atoms with E-state index < -0.39 is 0 Å². The van der Waals surface area contributed by atoms with Crippen LogP contribution in [0.15, 0.2) is 29.2 Å². The first kappa shape index (κ1) is 11.7. The fourth-order valence-corrected chi connectivity index (χ4v) is 2.75. The topological polar surface area (TPSA) is 17.1 Å². The Hall–Kier alpha value is -0.760. The zero-order chi connectivity index (χ0) is 11.4. The lowest BCUT2D eigenvalue weighted by Gasteiger charge is -2.23. The van der Waals surface area contributed by atoms with Crippen LogP contribution in [0.2, 0.25) is 0 Å². The van der Waals surface area contributed by atoms with Crippen molar-refractivity contribution in [1.82, 2.24) is 0 Å². The van der Waals surface area contributed by atoms with Gasteiger partial charge in [0.1, 0.15) is 5.78 Å². The third-order valence-corrected chi connectivity index (χ3v) is 4.23. The standard InChI is InChI=1S/C14H18OS/c1-16-14-8-3-2-5-12(14)9-10-13(15)11-6-4-7-11/h2-3,5,8,11H,4,6-7,9-10H2,1H3. The van der Waals surface area contributed by atoms with Crippen molar-refractivity contribution in [3.63, 3.8) is 0 Å². The Labute approximate surface area is 102 Å². The first-order valence-electron chi connectivity index (χ1n) is 5.96. The summed E-state index contributed by atoms with van der Waals surface area (Å²) >= 11 is 1.76. The summed E-state index contributed by atoms with van der Waals surface area (Å²) in [5.74, 6) is 0.864. The van der Waals surface area contributed by atoms with E-state index in [2.05, 4.69) is 30.5 Å². The Balaban J connectivity index is 1.90. The maximum Gasteiger partial charge on any atom is 0.136 e. The zero-order valence-electron chi connectivity index (χ0n) is 9.74. The molecule has 0 heterocycles. The molecule has 0 radical (unpaired) electrons. The Kier molecular flexibility index (Phi) is 4.05. The fraction of sp³-hybridized carbons (Fsp3) is 0.500. The Bertz CT molecular complexity index is 369. The van der Waals surface area contributed by atoms with Crippen molar-refractivity contribution in [2.45, 2.75) is 37.0 Å². The average Bonchev–Trinajstić information content (AvgIpc) is 2.24. The highest BCUT2D eigenvalue weighted by molar-refractivity contribution is 7.98. The molecule has 0 aliphatic heterocycles. The number of thioether (sulfide) groups is 1. The van der Waals surface area contributed by atoms with Crippen LogP contribution < -0.4 is 0 Å². The maximum atomic E-state index is 11.8. The van der Waals surface area contributed by atoms with Crippen LogP contribution in [0, 0.1) is 5.92 Å². The summed E-state index contributed by atoms with van der Waals surface area (Å²) in [6.45, 7) is 0. The molecule has 1 saturated carbocycles. The highest BCUT2D eigenvalue weighted by Crippen LogP contribution is 2.29. The van der Waals surface area contributed by atoms with Crippen molar-refractivity contribution in [2.75, 3.05) is 6.26 Å². The predicted octanol–water partition coefficient (Wildman–Crippen LogP) is 3.71. The molecule has 2 rings (SSSR count). The molecule has 0 spiro atoms. The predicted molar refractivity (Wildman–Crippen MR) is 68.9 cm³/mol. The van der Waals surface area contributed by atoms with Crippen molar-refractivity contribution in [2.24, 2.45) is 5.92 Å². The highest BCUT2D eigenvalue weighted by atomic mass is 32.2. The zero-order valence-corrected chi connectivity index (χ0v) is 10.6. The van der Waals surface area contributed by atoms with Gasteiger partial charge in [0.2, 0.25) is 0 Å². The number of carbonyl (C=O) groups excluding carboxylic acids is 1. The van der Waals surface area contributed by atoms with E-state index in [9.17, 15) is 4.79 Å². The maximum absolute atomic E-state index is 11.8. The van der Waals surface area contributed by atoms with Crippen molar-refractivity contribution in [3.05, 3.63) is 29.8 Å². The van der Waals surface area contributed by atoms with Crippen LogP contribution in [0.3, 0.4) is 0 Å². The smallest absolute Gasteiger partial charge is 0.136 e. The van der Waals surface area contributed by atoms with E-state index in [4.69, 9.17) is 0 Å². The van der Waals surface area contributed by atoms with Gasteiger partial charge >= 0.3 is 0 Å². The molecule has 1 aromatic carbocycles. The second kappa shape index (κ2) is 5.53. The van der Waals surface area contributed by atoms with Crippen LogP contribution in [0.25, 0.3) is 0 Å². The molecule has 0 saturated heterocycles. The minimum absolute atomic E-state index is 0.390. The Morgan fingerprint density at radius 3 is 2.75 bits per heavy atom. The number of benzene rings is 1. The van der Waals surface area contributed by atoms with E-state index >= 15 is 0 Å². The molecule has 1 nitrogen and oxygen atoms in total. The number of hydrogen-bond donors (Lipinski definition) is 0. The van der Waals surface area contributed by atoms with E-state index in [-0.39, 0.29) is 0 Å². The molecule has 0 bridgehead atoms. The largest absolute Gasteiger partial charge is 0.299 e. The quantitative estimate of drug-likeness (QED) is 0.722. The van der Waals surface area contributed by atoms with Gasteiger partial charge < -0.3 is 0 Å². The molecule has 0 N–H and O–H groups in total. The summed E-state index contributed by atoms with van der Waals surface area (Å²) in [5, 5.41) is 0. The SMILES string of the molecule is CSc1ccccc1CCC(=O)C1CCC1. The van der Waals surface area contributed by atoms with Gasteiger partial charge in [-0.1, -0.05) is 24.6 Å². The van der Waals surface area contributed by atoms with E-state index in [0.717, 1.165) is 25.7 Å². The summed E-state index contributed by atoms with van der Waals surface area (Å²) in [5.41, 5.74) is 1.32. The normalized spacial score (nSPS) is 15.8. The van der Waals surface area contributed by atoms with E-state index in [1.807, 2.05) is 0 Å². The molecule has 86 valence electrons. The third-order valence-electron chi connectivity index (χ3n) is 3.39. The monoisotopic (exact) mass is 234 g/mol. The molecular weight excluding hydrogens is 216 g/mol. The van der Waals surface area contributed by atoms with Gasteiger partial charge in [-0.15, -0.1) is 11.8 Å². The minimum atomic E-state index is 0.390. The molecule has 0 amide bonds. The summed E-state index contributed by atoms with van der Waals surface area (Å²) < 4.78 is 0.